The van der Waals surface area contributed by atoms with Crippen molar-refractivity contribution in [1.29, 1.82) is 0 Å². The van der Waals surface area contributed by atoms with Crippen molar-refractivity contribution in [3.8, 4) is 0 Å². The molecule has 4 aliphatic heterocycles. The topological polar surface area (TPSA) is 36.9 Å². The van der Waals surface area contributed by atoms with Crippen molar-refractivity contribution in [2.45, 2.75) is 140 Å². The Morgan fingerprint density at radius 1 is 0.559 bits per heavy atom. The van der Waals surface area contributed by atoms with Crippen LogP contribution in [0, 0.1) is 0 Å². The van der Waals surface area contributed by atoms with Crippen molar-refractivity contribution in [3.63, 3.8) is 0 Å². The van der Waals surface area contributed by atoms with Crippen LogP contribution >= 0.6 is 15.8 Å². The van der Waals surface area contributed by atoms with Crippen LogP contribution in [0.3, 0.4) is 0 Å². The van der Waals surface area contributed by atoms with Crippen molar-refractivity contribution in [1.82, 2.24) is 0 Å². The van der Waals surface area contributed by atoms with Gasteiger partial charge in [0.25, 0.3) is 0 Å². The molecule has 6 heteroatoms. The van der Waals surface area contributed by atoms with E-state index in [-0.39, 0.29) is 40.3 Å². The first kappa shape index (κ1) is 25.6. The van der Waals surface area contributed by atoms with Gasteiger partial charge in [-0.3, -0.25) is 0 Å². The largest absolute Gasteiger partial charge is 0.344 e. The minimum absolute atomic E-state index is 0.219. The predicted octanol–water partition coefficient (Wildman–Crippen LogP) is 6.08. The van der Waals surface area contributed by atoms with E-state index < -0.39 is 11.6 Å². The first-order valence-corrected chi connectivity index (χ1v) is 16.5. The van der Waals surface area contributed by atoms with E-state index in [4.69, 9.17) is 18.9 Å². The van der Waals surface area contributed by atoms with Gasteiger partial charge in [-0.05, 0) is 64.0 Å². The summed E-state index contributed by atoms with van der Waals surface area (Å²) in [6.07, 6.45) is 5.47. The van der Waals surface area contributed by atoms with E-state index in [1.54, 1.807) is 10.6 Å². The molecule has 34 heavy (non-hydrogen) atoms. The van der Waals surface area contributed by atoms with Gasteiger partial charge in [0, 0.05) is 22.6 Å². The fourth-order valence-electron chi connectivity index (χ4n) is 7.28. The molecule has 0 radical (unpaired) electrons. The van der Waals surface area contributed by atoms with Crippen molar-refractivity contribution in [2.75, 3.05) is 0 Å². The van der Waals surface area contributed by atoms with E-state index in [9.17, 15) is 0 Å². The molecular weight excluding hydrogens is 462 g/mol. The third-order valence-corrected chi connectivity index (χ3v) is 15.9. The number of benzene rings is 1. The lowest BCUT2D eigenvalue weighted by molar-refractivity contribution is -0.148. The van der Waals surface area contributed by atoms with Gasteiger partial charge in [-0.25, -0.2) is 0 Å². The summed E-state index contributed by atoms with van der Waals surface area (Å²) in [6.45, 7) is 17.7. The molecule has 0 saturated carbocycles. The molecule has 0 aliphatic carbocycles. The molecule has 0 spiro atoms. The van der Waals surface area contributed by atoms with Crippen LogP contribution in [0.15, 0.2) is 24.3 Å². The summed E-state index contributed by atoms with van der Waals surface area (Å²) in [5.41, 5.74) is 2.21. The maximum Gasteiger partial charge on any atom is 0.163 e. The zero-order chi connectivity index (χ0) is 24.4. The van der Waals surface area contributed by atoms with Gasteiger partial charge in [-0.2, -0.15) is 0 Å². The van der Waals surface area contributed by atoms with Gasteiger partial charge >= 0.3 is 0 Å². The molecule has 8 unspecified atom stereocenters. The molecule has 8 atom stereocenters. The smallest absolute Gasteiger partial charge is 0.163 e. The third kappa shape index (κ3) is 4.04. The normalized spacial score (nSPS) is 44.4. The summed E-state index contributed by atoms with van der Waals surface area (Å²) in [5, 5.41) is 3.25. The van der Waals surface area contributed by atoms with Crippen LogP contribution in [-0.4, -0.2) is 58.6 Å². The molecule has 0 bridgehead atoms. The Labute approximate surface area is 209 Å². The SMILES string of the molecule is CCC1C2OC(C)(C)OC2C(CC)P1c1ccccc1P1C(CC)C2OC(C)(C)OC2C1CC. The second-order valence-electron chi connectivity index (χ2n) is 11.3. The zero-order valence-corrected chi connectivity index (χ0v) is 24.1. The Kier molecular flexibility index (Phi) is 7.02. The Morgan fingerprint density at radius 2 is 0.824 bits per heavy atom. The van der Waals surface area contributed by atoms with Crippen LogP contribution in [0.5, 0.6) is 0 Å². The molecule has 1 aromatic rings. The standard InChI is InChI=1S/C28H44O4P2/c1-9-17-23-24(30-27(5,6)29-23)18(10-2)33(17)21-15-13-14-16-22(21)34-19(11-3)25-26(20(34)12-4)32-28(7,8)31-25/h13-20,23-26H,9-12H2,1-8H3. The number of rotatable bonds is 6. The molecule has 190 valence electrons. The highest BCUT2D eigenvalue weighted by atomic mass is 31.1. The van der Waals surface area contributed by atoms with E-state index in [0.717, 1.165) is 25.7 Å². The first-order chi connectivity index (χ1) is 16.2. The lowest BCUT2D eigenvalue weighted by atomic mass is 10.1. The van der Waals surface area contributed by atoms with Gasteiger partial charge in [0.05, 0.1) is 24.4 Å². The van der Waals surface area contributed by atoms with Crippen LogP contribution in [0.2, 0.25) is 0 Å². The van der Waals surface area contributed by atoms with Crippen LogP contribution in [0.1, 0.15) is 81.1 Å². The van der Waals surface area contributed by atoms with Crippen molar-refractivity contribution >= 4 is 26.5 Å². The van der Waals surface area contributed by atoms with E-state index in [1.807, 2.05) is 0 Å². The molecule has 4 heterocycles. The summed E-state index contributed by atoms with van der Waals surface area (Å²) in [5.74, 6) is -0.932. The van der Waals surface area contributed by atoms with E-state index in [2.05, 4.69) is 79.7 Å². The minimum Gasteiger partial charge on any atom is -0.344 e. The highest BCUT2D eigenvalue weighted by molar-refractivity contribution is 7.73. The lowest BCUT2D eigenvalue weighted by Crippen LogP contribution is -2.35. The van der Waals surface area contributed by atoms with Gasteiger partial charge in [0.1, 0.15) is 0 Å². The third-order valence-electron chi connectivity index (χ3n) is 8.38. The second-order valence-corrected chi connectivity index (χ2v) is 16.6. The molecule has 4 nitrogen and oxygen atoms in total. The maximum absolute atomic E-state index is 6.55. The number of hydrogen-bond acceptors (Lipinski definition) is 4. The van der Waals surface area contributed by atoms with Crippen molar-refractivity contribution < 1.29 is 18.9 Å². The molecule has 1 aromatic carbocycles. The molecule has 0 amide bonds. The van der Waals surface area contributed by atoms with Crippen LogP contribution < -0.4 is 10.6 Å². The number of ether oxygens (including phenoxy) is 4. The maximum atomic E-state index is 6.55. The Morgan fingerprint density at radius 3 is 1.06 bits per heavy atom. The predicted molar refractivity (Wildman–Crippen MR) is 144 cm³/mol. The summed E-state index contributed by atoms with van der Waals surface area (Å²) in [7, 11) is -0.752. The minimum atomic E-state index is -0.466. The molecule has 4 fully saturated rings. The summed E-state index contributed by atoms with van der Waals surface area (Å²) in [6, 6.07) is 9.45. The van der Waals surface area contributed by atoms with Crippen LogP contribution in [-0.2, 0) is 18.9 Å². The number of hydrogen-bond donors (Lipinski definition) is 0. The van der Waals surface area contributed by atoms with E-state index in [1.165, 1.54) is 0 Å². The number of fused-ring (bicyclic) bond motifs is 2. The molecule has 4 saturated heterocycles. The molecule has 4 aliphatic rings. The first-order valence-electron chi connectivity index (χ1n) is 13.5. The van der Waals surface area contributed by atoms with Gasteiger partial charge in [0.15, 0.2) is 11.6 Å². The van der Waals surface area contributed by atoms with Gasteiger partial charge in [-0.15, -0.1) is 0 Å². The molecule has 5 rings (SSSR count). The second kappa shape index (κ2) is 9.34. The van der Waals surface area contributed by atoms with Crippen molar-refractivity contribution in [3.05, 3.63) is 24.3 Å². The average Bonchev–Trinajstić information content (AvgIpc) is 3.45. The quantitative estimate of drug-likeness (QED) is 0.438. The Hall–Kier alpha value is -0.0800. The Bertz CT molecular complexity index is 774. The van der Waals surface area contributed by atoms with Crippen LogP contribution in [0.4, 0.5) is 0 Å². The van der Waals surface area contributed by atoms with Crippen LogP contribution in [0.25, 0.3) is 0 Å². The lowest BCUT2D eigenvalue weighted by Gasteiger charge is -2.36. The van der Waals surface area contributed by atoms with Gasteiger partial charge in [-0.1, -0.05) is 67.8 Å². The summed E-state index contributed by atoms with van der Waals surface area (Å²) >= 11 is 0. The monoisotopic (exact) mass is 506 g/mol. The molecular formula is C28H44O4P2. The zero-order valence-electron chi connectivity index (χ0n) is 22.3. The Balaban J connectivity index is 1.55. The summed E-state index contributed by atoms with van der Waals surface area (Å²) in [4.78, 5) is 0. The molecule has 0 N–H and O–H groups in total. The average molecular weight is 507 g/mol. The fourth-order valence-corrected chi connectivity index (χ4v) is 15.3. The van der Waals surface area contributed by atoms with E-state index >= 15 is 0 Å². The van der Waals surface area contributed by atoms with Gasteiger partial charge < -0.3 is 18.9 Å². The summed E-state index contributed by atoms with van der Waals surface area (Å²) < 4.78 is 26.2. The van der Waals surface area contributed by atoms with E-state index in [0.29, 0.717) is 22.6 Å². The van der Waals surface area contributed by atoms with Gasteiger partial charge in [0.2, 0.25) is 0 Å². The fraction of sp³-hybridized carbons (Fsp3) is 0.786. The highest BCUT2D eigenvalue weighted by Gasteiger charge is 2.60. The van der Waals surface area contributed by atoms with Crippen molar-refractivity contribution in [2.24, 2.45) is 0 Å². The highest BCUT2D eigenvalue weighted by Crippen LogP contribution is 2.65. The molecule has 0 aromatic heterocycles.